The van der Waals surface area contributed by atoms with Crippen molar-refractivity contribution in [2.24, 2.45) is 0 Å². The zero-order valence-electron chi connectivity index (χ0n) is 6.12. The first-order valence-electron chi connectivity index (χ1n) is 3.21. The fourth-order valence-electron chi connectivity index (χ4n) is 0.849. The Balaban J connectivity index is 2.93. The van der Waals surface area contributed by atoms with Gasteiger partial charge in [0.05, 0.1) is 6.42 Å². The summed E-state index contributed by atoms with van der Waals surface area (Å²) in [4.78, 5) is 14.2. The topological polar surface area (TPSA) is 76.2 Å². The minimum absolute atomic E-state index is 0.0364. The van der Waals surface area contributed by atoms with E-state index in [0.717, 1.165) is 0 Å². The predicted octanol–water partition coefficient (Wildman–Crippen LogP) is 1.05. The van der Waals surface area contributed by atoms with Crippen LogP contribution in [-0.4, -0.2) is 16.1 Å². The number of nitrogen functional groups attached to an aromatic ring is 1. The van der Waals surface area contributed by atoms with Crippen LogP contribution in [0.3, 0.4) is 0 Å². The van der Waals surface area contributed by atoms with Gasteiger partial charge >= 0.3 is 5.97 Å². The quantitative estimate of drug-likeness (QED) is 0.746. The van der Waals surface area contributed by atoms with Gasteiger partial charge in [-0.25, -0.2) is 4.98 Å². The molecule has 0 saturated carbocycles. The number of pyridine rings is 1. The van der Waals surface area contributed by atoms with Crippen LogP contribution < -0.4 is 5.73 Å². The van der Waals surface area contributed by atoms with Crippen LogP contribution in [0.4, 0.5) is 5.82 Å². The summed E-state index contributed by atoms with van der Waals surface area (Å²) in [6.07, 6.45) is -0.0364. The fourth-order valence-corrected chi connectivity index (χ4v) is 1.35. The van der Waals surface area contributed by atoms with Crippen molar-refractivity contribution in [3.8, 4) is 0 Å². The Morgan fingerprint density at radius 3 is 2.83 bits per heavy atom. The van der Waals surface area contributed by atoms with Crippen LogP contribution in [0.5, 0.6) is 0 Å². The molecule has 0 fully saturated rings. The second-order valence-corrected chi connectivity index (χ2v) is 3.11. The van der Waals surface area contributed by atoms with E-state index in [2.05, 4.69) is 20.9 Å². The number of rotatable bonds is 2. The molecule has 0 saturated heterocycles. The molecule has 1 heterocycles. The molecule has 0 aliphatic rings. The molecule has 1 rings (SSSR count). The summed E-state index contributed by atoms with van der Waals surface area (Å²) in [6, 6.07) is 3.17. The summed E-state index contributed by atoms with van der Waals surface area (Å²) in [5.74, 6) is -0.562. The molecule has 0 unspecified atom stereocenters. The van der Waals surface area contributed by atoms with Gasteiger partial charge in [-0.05, 0) is 33.6 Å². The number of aliphatic carboxylic acids is 1. The summed E-state index contributed by atoms with van der Waals surface area (Å²) < 4.78 is 0.554. The van der Waals surface area contributed by atoms with Crippen LogP contribution in [0.1, 0.15) is 5.56 Å². The van der Waals surface area contributed by atoms with Crippen LogP contribution in [0, 0.1) is 0 Å². The van der Waals surface area contributed by atoms with Crippen LogP contribution in [0.2, 0.25) is 0 Å². The SMILES string of the molecule is Nc1cc(CC(=O)O)cc(Br)n1. The van der Waals surface area contributed by atoms with E-state index in [1.165, 1.54) is 0 Å². The van der Waals surface area contributed by atoms with Crippen molar-refractivity contribution in [2.75, 3.05) is 5.73 Å². The van der Waals surface area contributed by atoms with Gasteiger partial charge in [-0.2, -0.15) is 0 Å². The third-order valence-electron chi connectivity index (χ3n) is 1.23. The first-order chi connectivity index (χ1) is 5.58. The van der Waals surface area contributed by atoms with E-state index in [1.54, 1.807) is 12.1 Å². The molecule has 12 heavy (non-hydrogen) atoms. The Morgan fingerprint density at radius 1 is 1.67 bits per heavy atom. The summed E-state index contributed by atoms with van der Waals surface area (Å²) in [5, 5.41) is 8.47. The number of anilines is 1. The predicted molar refractivity (Wildman–Crippen MR) is 47.7 cm³/mol. The van der Waals surface area contributed by atoms with E-state index < -0.39 is 5.97 Å². The van der Waals surface area contributed by atoms with Crippen molar-refractivity contribution in [2.45, 2.75) is 6.42 Å². The molecule has 0 radical (unpaired) electrons. The molecule has 0 aromatic carbocycles. The highest BCUT2D eigenvalue weighted by molar-refractivity contribution is 9.10. The normalized spacial score (nSPS) is 9.75. The highest BCUT2D eigenvalue weighted by Gasteiger charge is 2.02. The van der Waals surface area contributed by atoms with Gasteiger partial charge in [0.25, 0.3) is 0 Å². The van der Waals surface area contributed by atoms with E-state index in [4.69, 9.17) is 10.8 Å². The highest BCUT2D eigenvalue weighted by atomic mass is 79.9. The lowest BCUT2D eigenvalue weighted by Gasteiger charge is -1.99. The Kier molecular flexibility index (Phi) is 2.65. The summed E-state index contributed by atoms with van der Waals surface area (Å²) in [7, 11) is 0. The maximum atomic E-state index is 10.3. The van der Waals surface area contributed by atoms with Gasteiger partial charge in [0.1, 0.15) is 10.4 Å². The molecule has 3 N–H and O–H groups in total. The van der Waals surface area contributed by atoms with Gasteiger partial charge in [-0.3, -0.25) is 4.79 Å². The molecule has 1 aromatic rings. The third kappa shape index (κ3) is 2.50. The highest BCUT2D eigenvalue weighted by Crippen LogP contribution is 2.13. The van der Waals surface area contributed by atoms with Crippen molar-refractivity contribution in [3.05, 3.63) is 22.3 Å². The molecule has 0 amide bonds. The van der Waals surface area contributed by atoms with Gasteiger partial charge in [0.2, 0.25) is 0 Å². The van der Waals surface area contributed by atoms with Crippen LogP contribution in [0.15, 0.2) is 16.7 Å². The van der Waals surface area contributed by atoms with E-state index in [-0.39, 0.29) is 6.42 Å². The van der Waals surface area contributed by atoms with Crippen LogP contribution in [-0.2, 0) is 11.2 Å². The fraction of sp³-hybridized carbons (Fsp3) is 0.143. The summed E-state index contributed by atoms with van der Waals surface area (Å²) in [5.41, 5.74) is 6.04. The molecular formula is C7H7BrN2O2. The first kappa shape index (κ1) is 8.99. The largest absolute Gasteiger partial charge is 0.481 e. The standard InChI is InChI=1S/C7H7BrN2O2/c8-5-1-4(3-7(11)12)2-6(9)10-5/h1-2H,3H2,(H2,9,10)(H,11,12). The van der Waals surface area contributed by atoms with Crippen molar-refractivity contribution in [1.82, 2.24) is 4.98 Å². The Labute approximate surface area is 77.5 Å². The van der Waals surface area contributed by atoms with Gasteiger partial charge < -0.3 is 10.8 Å². The number of carboxylic acids is 1. The smallest absolute Gasteiger partial charge is 0.307 e. The molecule has 0 bridgehead atoms. The second kappa shape index (κ2) is 3.53. The number of halogens is 1. The van der Waals surface area contributed by atoms with Gasteiger partial charge in [-0.1, -0.05) is 0 Å². The van der Waals surface area contributed by atoms with Gasteiger partial charge in [0, 0.05) is 0 Å². The number of carboxylic acid groups (broad SMARTS) is 1. The molecule has 0 atom stereocenters. The first-order valence-corrected chi connectivity index (χ1v) is 4.01. The van der Waals surface area contributed by atoms with Crippen LogP contribution >= 0.6 is 15.9 Å². The molecule has 0 spiro atoms. The molecule has 5 heteroatoms. The molecule has 4 nitrogen and oxygen atoms in total. The van der Waals surface area contributed by atoms with E-state index >= 15 is 0 Å². The zero-order chi connectivity index (χ0) is 9.14. The average Bonchev–Trinajstić information content (AvgIpc) is 1.81. The number of hydrogen-bond donors (Lipinski definition) is 2. The Morgan fingerprint density at radius 2 is 2.33 bits per heavy atom. The molecule has 0 aliphatic heterocycles. The number of aromatic nitrogens is 1. The third-order valence-corrected chi connectivity index (χ3v) is 1.64. The number of nitrogens with two attached hydrogens (primary N) is 1. The van der Waals surface area contributed by atoms with E-state index in [0.29, 0.717) is 16.0 Å². The van der Waals surface area contributed by atoms with Crippen LogP contribution in [0.25, 0.3) is 0 Å². The van der Waals surface area contributed by atoms with Gasteiger partial charge in [0.15, 0.2) is 0 Å². The molecule has 1 aromatic heterocycles. The second-order valence-electron chi connectivity index (χ2n) is 2.29. The maximum Gasteiger partial charge on any atom is 0.307 e. The number of hydrogen-bond acceptors (Lipinski definition) is 3. The lowest BCUT2D eigenvalue weighted by atomic mass is 10.2. The lowest BCUT2D eigenvalue weighted by molar-refractivity contribution is -0.136. The monoisotopic (exact) mass is 230 g/mol. The number of nitrogens with zero attached hydrogens (tertiary/aromatic N) is 1. The minimum Gasteiger partial charge on any atom is -0.481 e. The van der Waals surface area contributed by atoms with Gasteiger partial charge in [-0.15, -0.1) is 0 Å². The molecule has 64 valence electrons. The Bertz CT molecular complexity index is 294. The van der Waals surface area contributed by atoms with E-state index in [1.807, 2.05) is 0 Å². The lowest BCUT2D eigenvalue weighted by Crippen LogP contribution is -2.01. The van der Waals surface area contributed by atoms with E-state index in [9.17, 15) is 4.79 Å². The average molecular weight is 231 g/mol. The maximum absolute atomic E-state index is 10.3. The Hall–Kier alpha value is -1.10. The molecule has 0 aliphatic carbocycles. The summed E-state index contributed by atoms with van der Waals surface area (Å²) >= 11 is 3.12. The zero-order valence-corrected chi connectivity index (χ0v) is 7.71. The summed E-state index contributed by atoms with van der Waals surface area (Å²) in [6.45, 7) is 0. The van der Waals surface area contributed by atoms with Crippen molar-refractivity contribution in [3.63, 3.8) is 0 Å². The van der Waals surface area contributed by atoms with Crippen molar-refractivity contribution >= 4 is 27.7 Å². The number of carbonyl (C=O) groups is 1. The molecular weight excluding hydrogens is 224 g/mol. The van der Waals surface area contributed by atoms with Crippen molar-refractivity contribution in [1.29, 1.82) is 0 Å². The van der Waals surface area contributed by atoms with Crippen molar-refractivity contribution < 1.29 is 9.90 Å². The minimum atomic E-state index is -0.882.